The fourth-order valence-electron chi connectivity index (χ4n) is 2.73. The van der Waals surface area contributed by atoms with Gasteiger partial charge in [0.2, 0.25) is 5.88 Å². The average Bonchev–Trinajstić information content (AvgIpc) is 2.67. The molecule has 10 nitrogen and oxygen atoms in total. The van der Waals surface area contributed by atoms with Gasteiger partial charge < -0.3 is 15.3 Å². The molecule has 152 valence electrons. The zero-order chi connectivity index (χ0) is 22.0. The number of halogens is 1. The number of H-pyrrole nitrogens is 1. The van der Waals surface area contributed by atoms with Crippen LogP contribution in [0, 0.1) is 6.92 Å². The van der Waals surface area contributed by atoms with Crippen LogP contribution in [0.3, 0.4) is 0 Å². The van der Waals surface area contributed by atoms with Crippen molar-refractivity contribution in [3.8, 4) is 11.6 Å². The molecular formula is C19H14ClN4O6+. The molecule has 3 rings (SSSR count). The molecule has 0 aliphatic carbocycles. The fraction of sp³-hybridized carbons (Fsp3) is 0.0526. The summed E-state index contributed by atoms with van der Waals surface area (Å²) < 4.78 is 1.28. The van der Waals surface area contributed by atoms with Crippen molar-refractivity contribution in [2.75, 3.05) is 0 Å². The Bertz CT molecular complexity index is 1270. The van der Waals surface area contributed by atoms with Crippen LogP contribution in [0.5, 0.6) is 5.88 Å². The fourth-order valence-corrected chi connectivity index (χ4v) is 2.90. The van der Waals surface area contributed by atoms with Crippen LogP contribution >= 0.6 is 11.6 Å². The van der Waals surface area contributed by atoms with Crippen molar-refractivity contribution in [3.05, 3.63) is 74.8 Å². The van der Waals surface area contributed by atoms with Crippen LogP contribution in [0.2, 0.25) is 5.02 Å². The number of aromatic amines is 1. The van der Waals surface area contributed by atoms with Crippen molar-refractivity contribution < 1.29 is 29.5 Å². The number of hydrogen-bond donors (Lipinski definition) is 4. The van der Waals surface area contributed by atoms with E-state index in [9.17, 15) is 24.6 Å². The lowest BCUT2D eigenvalue weighted by molar-refractivity contribution is -0.597. The molecule has 0 fully saturated rings. The Kier molecular flexibility index (Phi) is 5.61. The van der Waals surface area contributed by atoms with E-state index in [4.69, 9.17) is 16.7 Å². The van der Waals surface area contributed by atoms with Gasteiger partial charge in [-0.2, -0.15) is 4.57 Å². The molecule has 11 heteroatoms. The van der Waals surface area contributed by atoms with Gasteiger partial charge in [0.1, 0.15) is 11.3 Å². The number of benzene rings is 1. The minimum absolute atomic E-state index is 0.00871. The second-order valence-electron chi connectivity index (χ2n) is 6.10. The molecule has 0 aliphatic heterocycles. The first-order valence-corrected chi connectivity index (χ1v) is 8.72. The Labute approximate surface area is 173 Å². The maximum absolute atomic E-state index is 12.4. The van der Waals surface area contributed by atoms with E-state index in [1.807, 2.05) is 0 Å². The molecule has 3 aromatic rings. The van der Waals surface area contributed by atoms with Gasteiger partial charge in [0.05, 0.1) is 11.1 Å². The molecule has 0 saturated heterocycles. The standard InChI is InChI=1S/C19H13ClN4O6/c1-9-14(23-22-13-7-11(20)4-5-12(13)19(29)30)16(25)21-17(26)15(9)24-6-2-3-10(8-24)18(27)28/h2-8H,1H3,(H3-,21,22,25,26,27,28,29,30)/p+1. The number of nitrogens with one attached hydrogen (secondary N) is 1. The van der Waals surface area contributed by atoms with Gasteiger partial charge >= 0.3 is 17.5 Å². The van der Waals surface area contributed by atoms with Gasteiger partial charge in [-0.1, -0.05) is 11.6 Å². The number of carbonyl (C=O) groups is 2. The first-order valence-electron chi connectivity index (χ1n) is 8.34. The Morgan fingerprint density at radius 1 is 1.13 bits per heavy atom. The number of hydrogen-bond acceptors (Lipinski definition) is 6. The minimum Gasteiger partial charge on any atom is -0.493 e. The number of nitrogens with zero attached hydrogens (tertiary/aromatic N) is 3. The van der Waals surface area contributed by atoms with E-state index in [0.29, 0.717) is 0 Å². The predicted molar refractivity (Wildman–Crippen MR) is 105 cm³/mol. The summed E-state index contributed by atoms with van der Waals surface area (Å²) in [7, 11) is 0. The van der Waals surface area contributed by atoms with E-state index in [-0.39, 0.29) is 38.8 Å². The van der Waals surface area contributed by atoms with Crippen LogP contribution in [0.1, 0.15) is 26.3 Å². The van der Waals surface area contributed by atoms with Gasteiger partial charge in [0.15, 0.2) is 18.1 Å². The normalized spacial score (nSPS) is 11.0. The van der Waals surface area contributed by atoms with E-state index in [0.717, 1.165) is 0 Å². The molecule has 0 bridgehead atoms. The number of aromatic carboxylic acids is 2. The second kappa shape index (κ2) is 8.13. The van der Waals surface area contributed by atoms with Crippen molar-refractivity contribution in [3.63, 3.8) is 0 Å². The van der Waals surface area contributed by atoms with Crippen molar-refractivity contribution in [1.29, 1.82) is 0 Å². The second-order valence-corrected chi connectivity index (χ2v) is 6.53. The third-order valence-corrected chi connectivity index (χ3v) is 4.37. The molecule has 0 radical (unpaired) electrons. The number of pyridine rings is 2. The molecular weight excluding hydrogens is 416 g/mol. The van der Waals surface area contributed by atoms with Gasteiger partial charge in [-0.25, -0.2) is 9.59 Å². The predicted octanol–water partition coefficient (Wildman–Crippen LogP) is 3.13. The molecule has 0 aliphatic rings. The molecule has 0 spiro atoms. The molecule has 4 N–H and O–H groups in total. The Balaban J connectivity index is 2.16. The van der Waals surface area contributed by atoms with E-state index in [1.165, 1.54) is 54.2 Å². The van der Waals surface area contributed by atoms with Crippen LogP contribution in [-0.2, 0) is 0 Å². The highest BCUT2D eigenvalue weighted by Gasteiger charge is 2.23. The molecule has 0 amide bonds. The Hall–Kier alpha value is -4.05. The molecule has 2 aromatic heterocycles. The molecule has 0 unspecified atom stereocenters. The Morgan fingerprint density at radius 2 is 1.87 bits per heavy atom. The van der Waals surface area contributed by atoms with Gasteiger partial charge in [-0.15, -0.1) is 10.2 Å². The van der Waals surface area contributed by atoms with Gasteiger partial charge in [0.25, 0.3) is 5.69 Å². The lowest BCUT2D eigenvalue weighted by Gasteiger charge is -2.06. The lowest BCUT2D eigenvalue weighted by Crippen LogP contribution is -2.38. The van der Waals surface area contributed by atoms with E-state index >= 15 is 0 Å². The summed E-state index contributed by atoms with van der Waals surface area (Å²) in [5.74, 6) is -3.01. The topological polar surface area (TPSA) is 156 Å². The summed E-state index contributed by atoms with van der Waals surface area (Å²) in [5.41, 5.74) is -0.895. The third kappa shape index (κ3) is 4.03. The van der Waals surface area contributed by atoms with Crippen molar-refractivity contribution in [2.45, 2.75) is 6.92 Å². The first kappa shape index (κ1) is 20.7. The Morgan fingerprint density at radius 3 is 2.53 bits per heavy atom. The number of carboxylic acids is 2. The van der Waals surface area contributed by atoms with E-state index < -0.39 is 23.4 Å². The van der Waals surface area contributed by atoms with Crippen molar-refractivity contribution >= 4 is 34.9 Å². The smallest absolute Gasteiger partial charge is 0.341 e. The average molecular weight is 430 g/mol. The zero-order valence-corrected chi connectivity index (χ0v) is 16.1. The summed E-state index contributed by atoms with van der Waals surface area (Å²) in [5, 5.41) is 36.6. The maximum atomic E-state index is 12.4. The molecule has 30 heavy (non-hydrogen) atoms. The highest BCUT2D eigenvalue weighted by molar-refractivity contribution is 6.31. The summed E-state index contributed by atoms with van der Waals surface area (Å²) in [6, 6.07) is 6.74. The maximum Gasteiger partial charge on any atom is 0.341 e. The van der Waals surface area contributed by atoms with Crippen LogP contribution in [0.4, 0.5) is 11.4 Å². The van der Waals surface area contributed by atoms with Crippen molar-refractivity contribution in [1.82, 2.24) is 4.98 Å². The third-order valence-electron chi connectivity index (χ3n) is 4.14. The summed E-state index contributed by atoms with van der Waals surface area (Å²) in [6.45, 7) is 1.48. The number of rotatable bonds is 5. The molecule has 0 saturated carbocycles. The summed E-state index contributed by atoms with van der Waals surface area (Å²) >= 11 is 5.89. The first-order chi connectivity index (χ1) is 14.2. The zero-order valence-electron chi connectivity index (χ0n) is 15.3. The summed E-state index contributed by atoms with van der Waals surface area (Å²) in [6.07, 6.45) is 2.69. The molecule has 0 atom stereocenters. The van der Waals surface area contributed by atoms with E-state index in [2.05, 4.69) is 15.2 Å². The minimum atomic E-state index is -1.25. The highest BCUT2D eigenvalue weighted by Crippen LogP contribution is 2.32. The lowest BCUT2D eigenvalue weighted by atomic mass is 10.2. The summed E-state index contributed by atoms with van der Waals surface area (Å²) in [4.78, 5) is 37.2. The van der Waals surface area contributed by atoms with Crippen LogP contribution in [0.15, 0.2) is 57.7 Å². The van der Waals surface area contributed by atoms with Gasteiger partial charge in [-0.05, 0) is 31.2 Å². The molecule has 1 aromatic carbocycles. The van der Waals surface area contributed by atoms with Crippen LogP contribution in [0.25, 0.3) is 5.69 Å². The van der Waals surface area contributed by atoms with Gasteiger partial charge in [-0.3, -0.25) is 9.78 Å². The monoisotopic (exact) mass is 429 g/mol. The largest absolute Gasteiger partial charge is 0.493 e. The highest BCUT2D eigenvalue weighted by atomic mass is 35.5. The van der Waals surface area contributed by atoms with Crippen molar-refractivity contribution in [2.24, 2.45) is 10.2 Å². The van der Waals surface area contributed by atoms with Crippen LogP contribution < -0.4 is 10.1 Å². The number of carboxylic acid groups (broad SMARTS) is 2. The number of aromatic nitrogens is 2. The van der Waals surface area contributed by atoms with Crippen LogP contribution in [-0.4, -0.2) is 32.2 Å². The number of azo groups is 1. The number of aromatic hydroxyl groups is 1. The quantitative estimate of drug-likeness (QED) is 0.360. The SMILES string of the molecule is Cc1c(/N=N/c2cc(Cl)ccc2C(=O)O)c(O)[nH]c(=O)c1-[n+]1cccc(C(=O)O)c1. The molecule has 2 heterocycles. The van der Waals surface area contributed by atoms with Gasteiger partial charge in [0, 0.05) is 11.1 Å². The van der Waals surface area contributed by atoms with E-state index in [1.54, 1.807) is 0 Å².